The van der Waals surface area contributed by atoms with Gasteiger partial charge in [-0.2, -0.15) is 0 Å². The fraction of sp³-hybridized carbons (Fsp3) is 0.769. The minimum absolute atomic E-state index is 0.649. The maximum absolute atomic E-state index is 5.60. The van der Waals surface area contributed by atoms with Gasteiger partial charge in [-0.05, 0) is 44.1 Å². The Morgan fingerprint density at radius 3 is 3.00 bits per heavy atom. The fourth-order valence-electron chi connectivity index (χ4n) is 2.57. The molecule has 1 aliphatic rings. The van der Waals surface area contributed by atoms with Gasteiger partial charge in [-0.15, -0.1) is 0 Å². The van der Waals surface area contributed by atoms with E-state index in [1.807, 2.05) is 0 Å². The molecule has 0 aliphatic heterocycles. The molecule has 0 aromatic carbocycles. The van der Waals surface area contributed by atoms with Crippen LogP contribution in [0.2, 0.25) is 0 Å². The minimum Gasteiger partial charge on any atom is -0.361 e. The summed E-state index contributed by atoms with van der Waals surface area (Å²) in [5, 5.41) is 4.23. The van der Waals surface area contributed by atoms with E-state index in [2.05, 4.69) is 19.0 Å². The van der Waals surface area contributed by atoms with E-state index in [-0.39, 0.29) is 0 Å². The highest BCUT2D eigenvalue weighted by Gasteiger charge is 2.25. The Morgan fingerprint density at radius 1 is 1.50 bits per heavy atom. The minimum atomic E-state index is 0.649. The van der Waals surface area contributed by atoms with Gasteiger partial charge in [0.15, 0.2) is 0 Å². The van der Waals surface area contributed by atoms with Crippen LogP contribution < -0.4 is 5.73 Å². The van der Waals surface area contributed by atoms with Crippen molar-refractivity contribution < 1.29 is 4.52 Å². The van der Waals surface area contributed by atoms with Crippen LogP contribution in [0.5, 0.6) is 0 Å². The van der Waals surface area contributed by atoms with Crippen molar-refractivity contribution in [3.8, 4) is 0 Å². The summed E-state index contributed by atoms with van der Waals surface area (Å²) in [4.78, 5) is 0. The molecule has 1 aromatic heterocycles. The Hall–Kier alpha value is -0.830. The van der Waals surface area contributed by atoms with E-state index >= 15 is 0 Å². The first-order valence-corrected chi connectivity index (χ1v) is 6.37. The second-order valence-electron chi connectivity index (χ2n) is 5.32. The predicted molar refractivity (Wildman–Crippen MR) is 64.2 cm³/mol. The number of hydrogen-bond acceptors (Lipinski definition) is 3. The van der Waals surface area contributed by atoms with Gasteiger partial charge in [0, 0.05) is 12.0 Å². The first kappa shape index (κ1) is 11.6. The molecule has 3 nitrogen and oxygen atoms in total. The van der Waals surface area contributed by atoms with E-state index in [4.69, 9.17) is 10.3 Å². The molecule has 0 amide bonds. The molecule has 1 atom stereocenters. The Morgan fingerprint density at radius 2 is 2.31 bits per heavy atom. The lowest BCUT2D eigenvalue weighted by atomic mass is 9.84. The van der Waals surface area contributed by atoms with E-state index in [9.17, 15) is 0 Å². The highest BCUT2D eigenvalue weighted by Crippen LogP contribution is 2.30. The third-order valence-electron chi connectivity index (χ3n) is 3.40. The quantitative estimate of drug-likeness (QED) is 0.850. The van der Waals surface area contributed by atoms with E-state index < -0.39 is 0 Å². The number of aromatic nitrogens is 1. The molecule has 0 fully saturated rings. The Kier molecular flexibility index (Phi) is 3.64. The molecule has 0 saturated carbocycles. The smallest absolute Gasteiger partial charge is 0.140 e. The number of hydrogen-bond donors (Lipinski definition) is 1. The van der Waals surface area contributed by atoms with Crippen LogP contribution in [0.25, 0.3) is 0 Å². The summed E-state index contributed by atoms with van der Waals surface area (Å²) in [7, 11) is 0. The lowest BCUT2D eigenvalue weighted by molar-refractivity contribution is 0.327. The number of nitrogens with zero attached hydrogens (tertiary/aromatic N) is 1. The van der Waals surface area contributed by atoms with Gasteiger partial charge in [0.1, 0.15) is 5.76 Å². The van der Waals surface area contributed by atoms with E-state index in [0.29, 0.717) is 11.8 Å². The Balaban J connectivity index is 2.08. The Bertz CT molecular complexity index is 344. The number of rotatable bonds is 4. The lowest BCUT2D eigenvalue weighted by Crippen LogP contribution is -2.17. The van der Waals surface area contributed by atoms with E-state index in [1.54, 1.807) is 0 Å². The highest BCUT2D eigenvalue weighted by atomic mass is 16.5. The van der Waals surface area contributed by atoms with Crippen LogP contribution in [0.15, 0.2) is 4.52 Å². The molecule has 16 heavy (non-hydrogen) atoms. The van der Waals surface area contributed by atoms with Crippen LogP contribution in [0.4, 0.5) is 0 Å². The van der Waals surface area contributed by atoms with Crippen molar-refractivity contribution in [2.45, 2.75) is 46.0 Å². The molecule has 1 aromatic rings. The van der Waals surface area contributed by atoms with Gasteiger partial charge >= 0.3 is 0 Å². The van der Waals surface area contributed by atoms with Crippen LogP contribution in [-0.2, 0) is 19.3 Å². The molecular formula is C13H22N2O. The lowest BCUT2D eigenvalue weighted by Gasteiger charge is -2.20. The van der Waals surface area contributed by atoms with Crippen molar-refractivity contribution in [3.63, 3.8) is 0 Å². The summed E-state index contributed by atoms with van der Waals surface area (Å²) >= 11 is 0. The second kappa shape index (κ2) is 5.00. The van der Waals surface area contributed by atoms with E-state index in [0.717, 1.165) is 38.0 Å². The molecule has 90 valence electrons. The summed E-state index contributed by atoms with van der Waals surface area (Å²) < 4.78 is 5.47. The van der Waals surface area contributed by atoms with Crippen molar-refractivity contribution >= 4 is 0 Å². The second-order valence-corrected chi connectivity index (χ2v) is 5.32. The average Bonchev–Trinajstić information content (AvgIpc) is 2.61. The third-order valence-corrected chi connectivity index (χ3v) is 3.40. The topological polar surface area (TPSA) is 52.0 Å². The van der Waals surface area contributed by atoms with Crippen molar-refractivity contribution in [2.24, 2.45) is 17.6 Å². The van der Waals surface area contributed by atoms with E-state index in [1.165, 1.54) is 17.7 Å². The first-order valence-electron chi connectivity index (χ1n) is 6.37. The summed E-state index contributed by atoms with van der Waals surface area (Å²) in [6.07, 6.45) is 5.57. The van der Waals surface area contributed by atoms with Crippen LogP contribution in [0.3, 0.4) is 0 Å². The first-order chi connectivity index (χ1) is 7.70. The summed E-state index contributed by atoms with van der Waals surface area (Å²) in [6.45, 7) is 5.23. The maximum atomic E-state index is 5.60. The molecule has 2 N–H and O–H groups in total. The van der Waals surface area contributed by atoms with Gasteiger partial charge in [0.25, 0.3) is 0 Å². The molecule has 2 rings (SSSR count). The summed E-state index contributed by atoms with van der Waals surface area (Å²) in [5.74, 6) is 2.48. The SMILES string of the molecule is CC(C)Cc1noc2c1CCC(CCN)C2. The van der Waals surface area contributed by atoms with Gasteiger partial charge in [-0.1, -0.05) is 19.0 Å². The molecule has 0 bridgehead atoms. The largest absolute Gasteiger partial charge is 0.361 e. The zero-order chi connectivity index (χ0) is 11.5. The zero-order valence-corrected chi connectivity index (χ0v) is 10.3. The highest BCUT2D eigenvalue weighted by molar-refractivity contribution is 5.26. The molecule has 1 aliphatic carbocycles. The van der Waals surface area contributed by atoms with Gasteiger partial charge in [-0.25, -0.2) is 0 Å². The van der Waals surface area contributed by atoms with Crippen LogP contribution in [0.1, 0.15) is 43.7 Å². The number of fused-ring (bicyclic) bond motifs is 1. The van der Waals surface area contributed by atoms with Gasteiger partial charge in [0.05, 0.1) is 5.69 Å². The summed E-state index contributed by atoms with van der Waals surface area (Å²) in [6, 6.07) is 0. The normalized spacial score (nSPS) is 20.1. The fourth-order valence-corrected chi connectivity index (χ4v) is 2.57. The van der Waals surface area contributed by atoms with Gasteiger partial charge < -0.3 is 10.3 Å². The predicted octanol–water partition coefficient (Wildman–Crippen LogP) is 2.33. The molecule has 0 spiro atoms. The average molecular weight is 222 g/mol. The Labute approximate surface area is 97.4 Å². The third kappa shape index (κ3) is 2.46. The van der Waals surface area contributed by atoms with Crippen LogP contribution >= 0.6 is 0 Å². The van der Waals surface area contributed by atoms with Crippen LogP contribution in [-0.4, -0.2) is 11.7 Å². The molecule has 3 heteroatoms. The standard InChI is InChI=1S/C13H22N2O/c1-9(2)7-12-11-4-3-10(5-6-14)8-13(11)16-15-12/h9-10H,3-8,14H2,1-2H3. The van der Waals surface area contributed by atoms with Gasteiger partial charge in [0.2, 0.25) is 0 Å². The molecule has 0 radical (unpaired) electrons. The van der Waals surface area contributed by atoms with Gasteiger partial charge in [-0.3, -0.25) is 0 Å². The van der Waals surface area contributed by atoms with Crippen molar-refractivity contribution in [1.29, 1.82) is 0 Å². The molecule has 1 unspecified atom stereocenters. The number of nitrogens with two attached hydrogens (primary N) is 1. The summed E-state index contributed by atoms with van der Waals surface area (Å²) in [5.41, 5.74) is 8.19. The molecule has 0 saturated heterocycles. The van der Waals surface area contributed by atoms with Crippen molar-refractivity contribution in [2.75, 3.05) is 6.54 Å². The molecule has 1 heterocycles. The monoisotopic (exact) mass is 222 g/mol. The van der Waals surface area contributed by atoms with Crippen molar-refractivity contribution in [3.05, 3.63) is 17.0 Å². The maximum Gasteiger partial charge on any atom is 0.140 e. The molecular weight excluding hydrogens is 200 g/mol. The van der Waals surface area contributed by atoms with Crippen molar-refractivity contribution in [1.82, 2.24) is 5.16 Å². The van der Waals surface area contributed by atoms with Crippen LogP contribution in [0, 0.1) is 11.8 Å². The zero-order valence-electron chi connectivity index (χ0n) is 10.3.